The van der Waals surface area contributed by atoms with Gasteiger partial charge in [0.15, 0.2) is 0 Å². The summed E-state index contributed by atoms with van der Waals surface area (Å²) in [5.41, 5.74) is 1.64. The molecule has 1 saturated carbocycles. The molecule has 0 saturated heterocycles. The van der Waals surface area contributed by atoms with Gasteiger partial charge in [-0.15, -0.1) is 0 Å². The third-order valence-electron chi connectivity index (χ3n) is 2.99. The second kappa shape index (κ2) is 4.15. The average molecular weight is 223 g/mol. The molecule has 2 N–H and O–H groups in total. The van der Waals surface area contributed by atoms with E-state index < -0.39 is 0 Å². The Labute approximate surface area is 93.9 Å². The number of carbonyl (C=O) groups is 1. The van der Waals surface area contributed by atoms with Gasteiger partial charge in [-0.3, -0.25) is 9.36 Å². The van der Waals surface area contributed by atoms with Crippen molar-refractivity contribution in [3.8, 4) is 0 Å². The molecule has 0 bridgehead atoms. The van der Waals surface area contributed by atoms with Crippen LogP contribution in [0.2, 0.25) is 0 Å². The van der Waals surface area contributed by atoms with E-state index in [1.165, 1.54) is 0 Å². The Kier molecular flexibility index (Phi) is 2.85. The van der Waals surface area contributed by atoms with Gasteiger partial charge in [0.1, 0.15) is 0 Å². The Balaban J connectivity index is 1.93. The van der Waals surface area contributed by atoms with Crippen LogP contribution < -0.4 is 11.0 Å². The monoisotopic (exact) mass is 223 g/mol. The largest absolute Gasteiger partial charge is 0.353 e. The highest BCUT2D eigenvalue weighted by molar-refractivity contribution is 5.76. The predicted molar refractivity (Wildman–Crippen MR) is 60.3 cm³/mol. The van der Waals surface area contributed by atoms with E-state index in [1.54, 1.807) is 4.57 Å². The number of nitrogens with zero attached hydrogens (tertiary/aromatic N) is 1. The summed E-state index contributed by atoms with van der Waals surface area (Å²) in [4.78, 5) is 25.7. The molecule has 5 heteroatoms. The number of amides is 1. The summed E-state index contributed by atoms with van der Waals surface area (Å²) < 4.78 is 1.61. The third-order valence-corrected chi connectivity index (χ3v) is 2.99. The van der Waals surface area contributed by atoms with Gasteiger partial charge in [0.2, 0.25) is 5.91 Å². The van der Waals surface area contributed by atoms with Crippen LogP contribution in [0.4, 0.5) is 0 Å². The molecule has 1 aliphatic carbocycles. The van der Waals surface area contributed by atoms with E-state index >= 15 is 0 Å². The van der Waals surface area contributed by atoms with E-state index in [0.29, 0.717) is 19.0 Å². The number of aryl methyl sites for hydroxylation is 1. The van der Waals surface area contributed by atoms with Gasteiger partial charge in [0.25, 0.3) is 0 Å². The SMILES string of the molecule is Cc1[nH]c(=O)n(CCC(=O)NC2CC2)c1C. The highest BCUT2D eigenvalue weighted by atomic mass is 16.2. The van der Waals surface area contributed by atoms with E-state index in [0.717, 1.165) is 24.2 Å². The van der Waals surface area contributed by atoms with Crippen LogP contribution in [-0.4, -0.2) is 21.5 Å². The van der Waals surface area contributed by atoms with Gasteiger partial charge < -0.3 is 10.3 Å². The number of rotatable bonds is 4. The molecule has 0 aromatic carbocycles. The molecule has 0 spiro atoms. The molecule has 0 radical (unpaired) electrons. The third kappa shape index (κ3) is 2.35. The summed E-state index contributed by atoms with van der Waals surface area (Å²) in [7, 11) is 0. The highest BCUT2D eigenvalue weighted by Gasteiger charge is 2.23. The summed E-state index contributed by atoms with van der Waals surface area (Å²) >= 11 is 0. The number of aromatic amines is 1. The number of hydrogen-bond acceptors (Lipinski definition) is 2. The van der Waals surface area contributed by atoms with Crippen molar-refractivity contribution in [1.29, 1.82) is 0 Å². The summed E-state index contributed by atoms with van der Waals surface area (Å²) in [6, 6.07) is 0.387. The van der Waals surface area contributed by atoms with Crippen LogP contribution in [0.25, 0.3) is 0 Å². The molecule has 88 valence electrons. The van der Waals surface area contributed by atoms with Gasteiger partial charge in [-0.25, -0.2) is 4.79 Å². The topological polar surface area (TPSA) is 66.9 Å². The molecule has 1 aliphatic rings. The van der Waals surface area contributed by atoms with E-state index in [9.17, 15) is 9.59 Å². The number of hydrogen-bond donors (Lipinski definition) is 2. The van der Waals surface area contributed by atoms with Crippen molar-refractivity contribution in [2.24, 2.45) is 0 Å². The average Bonchev–Trinajstić information content (AvgIpc) is 2.97. The number of aromatic nitrogens is 2. The zero-order valence-electron chi connectivity index (χ0n) is 9.67. The summed E-state index contributed by atoms with van der Waals surface area (Å²) in [5, 5.41) is 2.91. The minimum atomic E-state index is -0.130. The molecular formula is C11H17N3O2. The first-order valence-corrected chi connectivity index (χ1v) is 5.63. The first-order valence-electron chi connectivity index (χ1n) is 5.63. The second-order valence-electron chi connectivity index (χ2n) is 4.38. The Morgan fingerprint density at radius 2 is 2.19 bits per heavy atom. The zero-order chi connectivity index (χ0) is 11.7. The maximum atomic E-state index is 11.5. The van der Waals surface area contributed by atoms with Crippen LogP contribution in [0.15, 0.2) is 4.79 Å². The van der Waals surface area contributed by atoms with E-state index in [2.05, 4.69) is 10.3 Å². The molecule has 5 nitrogen and oxygen atoms in total. The summed E-state index contributed by atoms with van der Waals surface area (Å²) in [6.07, 6.45) is 2.55. The van der Waals surface area contributed by atoms with Crippen LogP contribution in [0.3, 0.4) is 0 Å². The number of H-pyrrole nitrogens is 1. The zero-order valence-corrected chi connectivity index (χ0v) is 9.67. The lowest BCUT2D eigenvalue weighted by Gasteiger charge is -2.05. The van der Waals surface area contributed by atoms with Crippen molar-refractivity contribution in [2.75, 3.05) is 0 Å². The maximum absolute atomic E-state index is 11.5. The Morgan fingerprint density at radius 3 is 2.69 bits per heavy atom. The lowest BCUT2D eigenvalue weighted by atomic mass is 10.3. The van der Waals surface area contributed by atoms with Crippen LogP contribution in [0.5, 0.6) is 0 Å². The summed E-state index contributed by atoms with van der Waals surface area (Å²) in [6.45, 7) is 4.19. The van der Waals surface area contributed by atoms with Crippen molar-refractivity contribution in [3.63, 3.8) is 0 Å². The fourth-order valence-electron chi connectivity index (χ4n) is 1.68. The smallest absolute Gasteiger partial charge is 0.325 e. The highest BCUT2D eigenvalue weighted by Crippen LogP contribution is 2.18. The first-order chi connectivity index (χ1) is 7.58. The molecule has 1 fully saturated rings. The van der Waals surface area contributed by atoms with Crippen LogP contribution >= 0.6 is 0 Å². The van der Waals surface area contributed by atoms with Crippen LogP contribution in [0.1, 0.15) is 30.7 Å². The first kappa shape index (κ1) is 11.0. The second-order valence-corrected chi connectivity index (χ2v) is 4.38. The van der Waals surface area contributed by atoms with Gasteiger partial charge in [-0.2, -0.15) is 0 Å². The molecule has 0 atom stereocenters. The Morgan fingerprint density at radius 1 is 1.50 bits per heavy atom. The van der Waals surface area contributed by atoms with Gasteiger partial charge in [0.05, 0.1) is 0 Å². The number of nitrogens with one attached hydrogen (secondary N) is 2. The molecule has 1 heterocycles. The quantitative estimate of drug-likeness (QED) is 0.778. The Hall–Kier alpha value is -1.52. The van der Waals surface area contributed by atoms with Gasteiger partial charge in [-0.1, -0.05) is 0 Å². The van der Waals surface area contributed by atoms with E-state index in [-0.39, 0.29) is 11.6 Å². The van der Waals surface area contributed by atoms with E-state index in [1.807, 2.05) is 13.8 Å². The fraction of sp³-hybridized carbons (Fsp3) is 0.636. The molecule has 2 rings (SSSR count). The van der Waals surface area contributed by atoms with E-state index in [4.69, 9.17) is 0 Å². The molecule has 0 unspecified atom stereocenters. The number of imidazole rings is 1. The van der Waals surface area contributed by atoms with Crippen LogP contribution in [-0.2, 0) is 11.3 Å². The minimum absolute atomic E-state index is 0.0349. The Bertz CT molecular complexity index is 454. The lowest BCUT2D eigenvalue weighted by Crippen LogP contribution is -2.28. The van der Waals surface area contributed by atoms with Crippen molar-refractivity contribution in [1.82, 2.24) is 14.9 Å². The van der Waals surface area contributed by atoms with Crippen molar-refractivity contribution >= 4 is 5.91 Å². The molecule has 0 aliphatic heterocycles. The maximum Gasteiger partial charge on any atom is 0.325 e. The number of carbonyl (C=O) groups excluding carboxylic acids is 1. The normalized spacial score (nSPS) is 15.1. The molecule has 1 amide bonds. The lowest BCUT2D eigenvalue weighted by molar-refractivity contribution is -0.121. The van der Waals surface area contributed by atoms with Crippen molar-refractivity contribution in [2.45, 2.75) is 45.7 Å². The fourth-order valence-corrected chi connectivity index (χ4v) is 1.68. The standard InChI is InChI=1S/C11H17N3O2/c1-7-8(2)14(11(16)12-7)6-5-10(15)13-9-3-4-9/h9H,3-6H2,1-2H3,(H,12,16)(H,13,15). The van der Waals surface area contributed by atoms with Crippen molar-refractivity contribution in [3.05, 3.63) is 21.9 Å². The molecule has 1 aromatic heterocycles. The molecular weight excluding hydrogens is 206 g/mol. The van der Waals surface area contributed by atoms with Gasteiger partial charge >= 0.3 is 5.69 Å². The van der Waals surface area contributed by atoms with Crippen LogP contribution in [0, 0.1) is 13.8 Å². The molecule has 1 aromatic rings. The van der Waals surface area contributed by atoms with Gasteiger partial charge in [0, 0.05) is 30.4 Å². The van der Waals surface area contributed by atoms with Gasteiger partial charge in [-0.05, 0) is 26.7 Å². The van der Waals surface area contributed by atoms with Crippen molar-refractivity contribution < 1.29 is 4.79 Å². The molecule has 16 heavy (non-hydrogen) atoms. The minimum Gasteiger partial charge on any atom is -0.353 e. The summed E-state index contributed by atoms with van der Waals surface area (Å²) in [5.74, 6) is 0.0349. The predicted octanol–water partition coefficient (Wildman–Crippen LogP) is 0.462.